The summed E-state index contributed by atoms with van der Waals surface area (Å²) in [6.45, 7) is 2.30. The third-order valence-electron chi connectivity index (χ3n) is 2.66. The summed E-state index contributed by atoms with van der Waals surface area (Å²) in [6.07, 6.45) is 6.28. The predicted molar refractivity (Wildman–Crippen MR) is 67.2 cm³/mol. The largest absolute Gasteiger partial charge is 0.367 e. The maximum atomic E-state index is 11.8. The van der Waals surface area contributed by atoms with Crippen LogP contribution in [0.1, 0.15) is 21.5 Å². The highest BCUT2D eigenvalue weighted by Crippen LogP contribution is 2.04. The minimum atomic E-state index is -0.389. The number of aromatic nitrogens is 2. The first kappa shape index (κ1) is 12.0. The molecule has 0 aliphatic rings. The van der Waals surface area contributed by atoms with Crippen molar-refractivity contribution in [2.75, 3.05) is 0 Å². The van der Waals surface area contributed by atoms with Crippen molar-refractivity contribution in [3.63, 3.8) is 0 Å². The second-order valence-corrected chi connectivity index (χ2v) is 3.91. The number of pyridine rings is 2. The van der Waals surface area contributed by atoms with Gasteiger partial charge in [-0.15, -0.1) is 0 Å². The van der Waals surface area contributed by atoms with E-state index in [4.69, 9.17) is 0 Å². The van der Waals surface area contributed by atoms with Gasteiger partial charge in [0.25, 0.3) is 5.91 Å². The number of aromatic amines is 1. The monoisotopic (exact) mass is 243 g/mol. The molecule has 2 aromatic rings. The third-order valence-corrected chi connectivity index (χ3v) is 2.66. The Morgan fingerprint density at radius 1 is 1.44 bits per heavy atom. The molecule has 0 bridgehead atoms. The quantitative estimate of drug-likeness (QED) is 0.844. The van der Waals surface area contributed by atoms with Crippen LogP contribution in [0.15, 0.2) is 41.7 Å². The minimum Gasteiger partial charge on any atom is -0.367 e. The zero-order chi connectivity index (χ0) is 13.0. The first-order valence-electron chi connectivity index (χ1n) is 5.53. The topological polar surface area (TPSA) is 74.8 Å². The Morgan fingerprint density at radius 3 is 3.00 bits per heavy atom. The van der Waals surface area contributed by atoms with Crippen LogP contribution in [0.3, 0.4) is 0 Å². The first-order valence-corrected chi connectivity index (χ1v) is 5.53. The van der Waals surface area contributed by atoms with Crippen molar-refractivity contribution in [1.82, 2.24) is 15.3 Å². The van der Waals surface area contributed by atoms with Gasteiger partial charge in [0, 0.05) is 37.4 Å². The molecule has 0 fully saturated rings. The Bertz CT molecular complexity index is 619. The fraction of sp³-hybridized carbons (Fsp3) is 0.154. The number of hydrogen-bond acceptors (Lipinski definition) is 3. The lowest BCUT2D eigenvalue weighted by atomic mass is 10.1. The van der Waals surface area contributed by atoms with Gasteiger partial charge in [-0.05, 0) is 24.1 Å². The molecular formula is C13H13N3O2. The van der Waals surface area contributed by atoms with Gasteiger partial charge in [0.05, 0.1) is 0 Å². The number of carbonyl (C=O) groups is 1. The molecule has 0 saturated heterocycles. The fourth-order valence-corrected chi connectivity index (χ4v) is 1.55. The predicted octanol–water partition coefficient (Wildman–Crippen LogP) is 1.01. The molecule has 0 spiro atoms. The maximum absolute atomic E-state index is 11.8. The lowest BCUT2D eigenvalue weighted by Gasteiger charge is -2.06. The highest BCUT2D eigenvalue weighted by molar-refractivity contribution is 5.93. The Balaban J connectivity index is 2.08. The normalized spacial score (nSPS) is 10.1. The molecule has 2 heterocycles. The molecule has 0 aliphatic carbocycles. The Morgan fingerprint density at radius 2 is 2.28 bits per heavy atom. The van der Waals surface area contributed by atoms with Gasteiger partial charge >= 0.3 is 0 Å². The van der Waals surface area contributed by atoms with Crippen LogP contribution in [0, 0.1) is 6.92 Å². The van der Waals surface area contributed by atoms with Crippen LogP contribution in [-0.4, -0.2) is 15.9 Å². The molecule has 0 radical (unpaired) electrons. The number of nitrogens with one attached hydrogen (secondary N) is 2. The molecule has 2 N–H and O–H groups in total. The van der Waals surface area contributed by atoms with Gasteiger partial charge in [0.2, 0.25) is 0 Å². The molecule has 0 aliphatic heterocycles. The molecule has 0 unspecified atom stereocenters. The number of hydrogen-bond donors (Lipinski definition) is 2. The molecule has 0 aromatic carbocycles. The van der Waals surface area contributed by atoms with Gasteiger partial charge in [0.1, 0.15) is 5.56 Å². The Labute approximate surface area is 104 Å². The van der Waals surface area contributed by atoms with E-state index in [9.17, 15) is 9.59 Å². The average Bonchev–Trinajstić information content (AvgIpc) is 2.38. The minimum absolute atomic E-state index is 0.110. The third kappa shape index (κ3) is 2.63. The number of carbonyl (C=O) groups excluding carboxylic acids is 1. The van der Waals surface area contributed by atoms with E-state index < -0.39 is 0 Å². The van der Waals surface area contributed by atoms with E-state index in [1.165, 1.54) is 18.5 Å². The molecule has 1 amide bonds. The zero-order valence-electron chi connectivity index (χ0n) is 9.93. The second-order valence-electron chi connectivity index (χ2n) is 3.91. The van der Waals surface area contributed by atoms with Gasteiger partial charge < -0.3 is 10.3 Å². The van der Waals surface area contributed by atoms with Crippen LogP contribution in [0.25, 0.3) is 0 Å². The van der Waals surface area contributed by atoms with Crippen molar-refractivity contribution in [2.45, 2.75) is 13.5 Å². The molecular weight excluding hydrogens is 230 g/mol. The van der Waals surface area contributed by atoms with Gasteiger partial charge in [-0.1, -0.05) is 0 Å². The van der Waals surface area contributed by atoms with Gasteiger partial charge in [-0.25, -0.2) is 0 Å². The molecule has 92 valence electrons. The second kappa shape index (κ2) is 5.27. The highest BCUT2D eigenvalue weighted by atomic mass is 16.2. The molecule has 18 heavy (non-hydrogen) atoms. The number of nitrogens with zero attached hydrogens (tertiary/aromatic N) is 1. The molecule has 2 rings (SSSR count). The average molecular weight is 243 g/mol. The van der Waals surface area contributed by atoms with Crippen LogP contribution in [0.5, 0.6) is 0 Å². The van der Waals surface area contributed by atoms with E-state index in [1.54, 1.807) is 12.4 Å². The SMILES string of the molecule is Cc1ccncc1CNC(=O)c1c[nH]ccc1=O. The Kier molecular flexibility index (Phi) is 3.52. The van der Waals surface area contributed by atoms with Crippen molar-refractivity contribution in [3.8, 4) is 0 Å². The van der Waals surface area contributed by atoms with E-state index in [1.807, 2.05) is 13.0 Å². The summed E-state index contributed by atoms with van der Waals surface area (Å²) in [7, 11) is 0. The number of amides is 1. The number of rotatable bonds is 3. The van der Waals surface area contributed by atoms with Crippen molar-refractivity contribution in [3.05, 3.63) is 63.8 Å². The summed E-state index contributed by atoms with van der Waals surface area (Å²) < 4.78 is 0. The molecule has 0 atom stereocenters. The number of H-pyrrole nitrogens is 1. The van der Waals surface area contributed by atoms with Crippen LogP contribution in [-0.2, 0) is 6.54 Å². The van der Waals surface area contributed by atoms with Crippen LogP contribution < -0.4 is 10.7 Å². The number of aryl methyl sites for hydroxylation is 1. The van der Waals surface area contributed by atoms with E-state index in [-0.39, 0.29) is 16.9 Å². The lowest BCUT2D eigenvalue weighted by Crippen LogP contribution is -2.28. The van der Waals surface area contributed by atoms with E-state index >= 15 is 0 Å². The van der Waals surface area contributed by atoms with Crippen molar-refractivity contribution in [1.29, 1.82) is 0 Å². The Hall–Kier alpha value is -2.43. The van der Waals surface area contributed by atoms with E-state index in [0.717, 1.165) is 11.1 Å². The molecule has 5 heteroatoms. The summed E-state index contributed by atoms with van der Waals surface area (Å²) in [5.74, 6) is -0.389. The molecule has 2 aromatic heterocycles. The van der Waals surface area contributed by atoms with Crippen LogP contribution in [0.2, 0.25) is 0 Å². The highest BCUT2D eigenvalue weighted by Gasteiger charge is 2.09. The van der Waals surface area contributed by atoms with Crippen LogP contribution >= 0.6 is 0 Å². The van der Waals surface area contributed by atoms with Crippen molar-refractivity contribution < 1.29 is 4.79 Å². The summed E-state index contributed by atoms with van der Waals surface area (Å²) in [5.41, 5.74) is 1.79. The maximum Gasteiger partial charge on any atom is 0.257 e. The smallest absolute Gasteiger partial charge is 0.257 e. The van der Waals surface area contributed by atoms with E-state index in [2.05, 4.69) is 15.3 Å². The molecule has 0 saturated carbocycles. The summed E-state index contributed by atoms with van der Waals surface area (Å²) in [6, 6.07) is 3.20. The van der Waals surface area contributed by atoms with Gasteiger partial charge in [-0.3, -0.25) is 14.6 Å². The first-order chi connectivity index (χ1) is 8.68. The summed E-state index contributed by atoms with van der Waals surface area (Å²) in [5, 5.41) is 2.70. The standard InChI is InChI=1S/C13H13N3O2/c1-9-2-4-14-6-10(9)7-16-13(18)11-8-15-5-3-12(11)17/h2-6,8H,7H2,1H3,(H,15,17)(H,16,18). The molecule has 5 nitrogen and oxygen atoms in total. The zero-order valence-corrected chi connectivity index (χ0v) is 9.93. The van der Waals surface area contributed by atoms with Gasteiger partial charge in [-0.2, -0.15) is 0 Å². The van der Waals surface area contributed by atoms with E-state index in [0.29, 0.717) is 6.54 Å². The summed E-state index contributed by atoms with van der Waals surface area (Å²) >= 11 is 0. The van der Waals surface area contributed by atoms with Gasteiger partial charge in [0.15, 0.2) is 5.43 Å². The van der Waals surface area contributed by atoms with Crippen molar-refractivity contribution in [2.24, 2.45) is 0 Å². The fourth-order valence-electron chi connectivity index (χ4n) is 1.55. The summed E-state index contributed by atoms with van der Waals surface area (Å²) in [4.78, 5) is 30.0. The lowest BCUT2D eigenvalue weighted by molar-refractivity contribution is 0.0949. The van der Waals surface area contributed by atoms with Crippen molar-refractivity contribution >= 4 is 5.91 Å². The van der Waals surface area contributed by atoms with Crippen LogP contribution in [0.4, 0.5) is 0 Å².